The van der Waals surface area contributed by atoms with Crippen LogP contribution in [0.4, 0.5) is 0 Å². The SMILES string of the molecule is CC.CCC(COC)[C@H](CC)N(C)C. The van der Waals surface area contributed by atoms with Gasteiger partial charge in [-0.1, -0.05) is 27.7 Å². The Morgan fingerprint density at radius 3 is 1.79 bits per heavy atom. The number of hydrogen-bond donors (Lipinski definition) is 0. The van der Waals surface area contributed by atoms with E-state index < -0.39 is 0 Å². The van der Waals surface area contributed by atoms with Gasteiger partial charge in [-0.2, -0.15) is 0 Å². The minimum Gasteiger partial charge on any atom is -0.384 e. The van der Waals surface area contributed by atoms with E-state index in [1.807, 2.05) is 13.8 Å². The van der Waals surface area contributed by atoms with E-state index in [1.165, 1.54) is 12.8 Å². The van der Waals surface area contributed by atoms with Crippen LogP contribution >= 0.6 is 0 Å². The molecule has 88 valence electrons. The number of hydrogen-bond acceptors (Lipinski definition) is 2. The van der Waals surface area contributed by atoms with E-state index in [4.69, 9.17) is 4.74 Å². The van der Waals surface area contributed by atoms with Crippen molar-refractivity contribution < 1.29 is 4.74 Å². The zero-order valence-corrected chi connectivity index (χ0v) is 11.1. The minimum atomic E-state index is 0.662. The Morgan fingerprint density at radius 2 is 1.57 bits per heavy atom. The van der Waals surface area contributed by atoms with E-state index >= 15 is 0 Å². The summed E-state index contributed by atoms with van der Waals surface area (Å²) in [4.78, 5) is 2.30. The van der Waals surface area contributed by atoms with Gasteiger partial charge in [-0.05, 0) is 32.9 Å². The van der Waals surface area contributed by atoms with Crippen molar-refractivity contribution in [1.82, 2.24) is 4.90 Å². The Bertz CT molecular complexity index is 104. The molecule has 2 atom stereocenters. The van der Waals surface area contributed by atoms with Crippen LogP contribution in [0.15, 0.2) is 0 Å². The molecule has 0 saturated carbocycles. The third-order valence-electron chi connectivity index (χ3n) is 2.53. The minimum absolute atomic E-state index is 0.662. The molecule has 2 nitrogen and oxygen atoms in total. The lowest BCUT2D eigenvalue weighted by molar-refractivity contribution is 0.0925. The van der Waals surface area contributed by atoms with Crippen LogP contribution in [-0.2, 0) is 4.74 Å². The molecule has 0 radical (unpaired) electrons. The maximum absolute atomic E-state index is 5.20. The number of ether oxygens (including phenoxy) is 1. The van der Waals surface area contributed by atoms with Crippen molar-refractivity contribution in [2.45, 2.75) is 46.6 Å². The molecule has 0 N–H and O–H groups in total. The summed E-state index contributed by atoms with van der Waals surface area (Å²) in [6, 6.07) is 0.662. The second-order valence-corrected chi connectivity index (χ2v) is 3.56. The van der Waals surface area contributed by atoms with Gasteiger partial charge in [0.25, 0.3) is 0 Å². The monoisotopic (exact) mass is 203 g/mol. The van der Waals surface area contributed by atoms with Gasteiger partial charge in [0, 0.05) is 13.2 Å². The highest BCUT2D eigenvalue weighted by Crippen LogP contribution is 2.16. The zero-order chi connectivity index (χ0) is 11.6. The summed E-state index contributed by atoms with van der Waals surface area (Å²) in [5, 5.41) is 0. The fourth-order valence-corrected chi connectivity index (χ4v) is 1.84. The molecule has 0 spiro atoms. The van der Waals surface area contributed by atoms with Gasteiger partial charge < -0.3 is 9.64 Å². The molecule has 14 heavy (non-hydrogen) atoms. The highest BCUT2D eigenvalue weighted by molar-refractivity contribution is 4.73. The third-order valence-corrected chi connectivity index (χ3v) is 2.53. The molecule has 1 unspecified atom stereocenters. The highest BCUT2D eigenvalue weighted by atomic mass is 16.5. The quantitative estimate of drug-likeness (QED) is 0.658. The van der Waals surface area contributed by atoms with Crippen LogP contribution in [0.2, 0.25) is 0 Å². The van der Waals surface area contributed by atoms with Gasteiger partial charge in [0.2, 0.25) is 0 Å². The lowest BCUT2D eigenvalue weighted by atomic mass is 9.95. The average molecular weight is 203 g/mol. The number of rotatable bonds is 6. The first-order chi connectivity index (χ1) is 6.67. The van der Waals surface area contributed by atoms with Crippen molar-refractivity contribution in [3.05, 3.63) is 0 Å². The molecule has 0 aromatic rings. The molecule has 0 fully saturated rings. The second-order valence-electron chi connectivity index (χ2n) is 3.56. The van der Waals surface area contributed by atoms with Crippen molar-refractivity contribution in [2.24, 2.45) is 5.92 Å². The lowest BCUT2D eigenvalue weighted by Gasteiger charge is -2.30. The predicted molar refractivity (Wildman–Crippen MR) is 64.8 cm³/mol. The molecule has 0 aliphatic rings. The maximum atomic E-state index is 5.20. The summed E-state index contributed by atoms with van der Waals surface area (Å²) in [5.41, 5.74) is 0. The van der Waals surface area contributed by atoms with Gasteiger partial charge in [0.1, 0.15) is 0 Å². The second kappa shape index (κ2) is 11.0. The molecule has 2 heteroatoms. The van der Waals surface area contributed by atoms with Gasteiger partial charge >= 0.3 is 0 Å². The Morgan fingerprint density at radius 1 is 1.07 bits per heavy atom. The van der Waals surface area contributed by atoms with Crippen LogP contribution in [0, 0.1) is 5.92 Å². The molecule has 0 heterocycles. The highest BCUT2D eigenvalue weighted by Gasteiger charge is 2.19. The number of nitrogens with zero attached hydrogens (tertiary/aromatic N) is 1. The number of methoxy groups -OCH3 is 1. The molecular weight excluding hydrogens is 174 g/mol. The predicted octanol–water partition coefficient (Wildman–Crippen LogP) is 3.03. The summed E-state index contributed by atoms with van der Waals surface area (Å²) in [7, 11) is 6.07. The molecule has 0 aromatic carbocycles. The van der Waals surface area contributed by atoms with E-state index in [2.05, 4.69) is 32.8 Å². The summed E-state index contributed by atoms with van der Waals surface area (Å²) in [6.07, 6.45) is 2.40. The molecule has 0 amide bonds. The van der Waals surface area contributed by atoms with E-state index in [-0.39, 0.29) is 0 Å². The normalized spacial score (nSPS) is 14.6. The summed E-state index contributed by atoms with van der Waals surface area (Å²) < 4.78 is 5.20. The molecule has 0 saturated heterocycles. The van der Waals surface area contributed by atoms with Gasteiger partial charge in [0.15, 0.2) is 0 Å². The smallest absolute Gasteiger partial charge is 0.0505 e. The Labute approximate surface area is 90.6 Å². The molecule has 0 aromatic heterocycles. The lowest BCUT2D eigenvalue weighted by Crippen LogP contribution is -2.36. The molecular formula is C12H29NO. The summed E-state index contributed by atoms with van der Waals surface area (Å²) in [5.74, 6) is 0.676. The summed E-state index contributed by atoms with van der Waals surface area (Å²) >= 11 is 0. The van der Waals surface area contributed by atoms with Crippen molar-refractivity contribution in [2.75, 3.05) is 27.8 Å². The van der Waals surface area contributed by atoms with Gasteiger partial charge in [-0.15, -0.1) is 0 Å². The fourth-order valence-electron chi connectivity index (χ4n) is 1.84. The molecule has 0 aliphatic heterocycles. The van der Waals surface area contributed by atoms with Crippen molar-refractivity contribution in [3.63, 3.8) is 0 Å². The topological polar surface area (TPSA) is 12.5 Å². The summed E-state index contributed by atoms with van der Waals surface area (Å²) in [6.45, 7) is 9.35. The van der Waals surface area contributed by atoms with Gasteiger partial charge in [0.05, 0.1) is 6.61 Å². The molecule has 0 bridgehead atoms. The van der Waals surface area contributed by atoms with Gasteiger partial charge in [-0.3, -0.25) is 0 Å². The Balaban J connectivity index is 0. The van der Waals surface area contributed by atoms with Crippen LogP contribution in [0.1, 0.15) is 40.5 Å². The largest absolute Gasteiger partial charge is 0.384 e. The Hall–Kier alpha value is -0.0800. The average Bonchev–Trinajstić information content (AvgIpc) is 2.20. The van der Waals surface area contributed by atoms with Crippen molar-refractivity contribution in [3.8, 4) is 0 Å². The van der Waals surface area contributed by atoms with Crippen LogP contribution in [0.5, 0.6) is 0 Å². The fraction of sp³-hybridized carbons (Fsp3) is 1.00. The van der Waals surface area contributed by atoms with E-state index in [0.29, 0.717) is 12.0 Å². The Kier molecular flexibility index (Phi) is 12.8. The van der Waals surface area contributed by atoms with E-state index in [1.54, 1.807) is 7.11 Å². The first-order valence-electron chi connectivity index (χ1n) is 5.82. The van der Waals surface area contributed by atoms with Gasteiger partial charge in [-0.25, -0.2) is 0 Å². The van der Waals surface area contributed by atoms with Crippen molar-refractivity contribution in [1.29, 1.82) is 0 Å². The first-order valence-corrected chi connectivity index (χ1v) is 5.82. The molecule has 0 aliphatic carbocycles. The van der Waals surface area contributed by atoms with E-state index in [9.17, 15) is 0 Å². The van der Waals surface area contributed by atoms with E-state index in [0.717, 1.165) is 6.61 Å². The van der Waals surface area contributed by atoms with Crippen LogP contribution in [0.25, 0.3) is 0 Å². The van der Waals surface area contributed by atoms with Crippen LogP contribution in [0.3, 0.4) is 0 Å². The van der Waals surface area contributed by atoms with Crippen LogP contribution in [-0.4, -0.2) is 38.8 Å². The van der Waals surface area contributed by atoms with Crippen LogP contribution < -0.4 is 0 Å². The third kappa shape index (κ3) is 6.39. The standard InChI is InChI=1S/C10H23NO.C2H6/c1-6-9(8-12-5)10(7-2)11(3)4;1-2/h9-10H,6-8H2,1-5H3;1-2H3/t9?,10-;/m0./s1. The first kappa shape index (κ1) is 16.4. The molecule has 0 rings (SSSR count). The maximum Gasteiger partial charge on any atom is 0.0505 e. The zero-order valence-electron chi connectivity index (χ0n) is 11.1. The van der Waals surface area contributed by atoms with Crippen molar-refractivity contribution >= 4 is 0 Å².